The van der Waals surface area contributed by atoms with Crippen molar-refractivity contribution >= 4 is 21.8 Å². The minimum atomic E-state index is -0.0975. The van der Waals surface area contributed by atoms with Crippen LogP contribution in [-0.4, -0.2) is 17.1 Å². The molecule has 4 aromatic rings. The largest absolute Gasteiger partial charge is 0.497 e. The number of ether oxygens (including phenoxy) is 1. The van der Waals surface area contributed by atoms with Crippen molar-refractivity contribution in [2.45, 2.75) is 12.8 Å². The third-order valence-corrected chi connectivity index (χ3v) is 4.47. The lowest BCUT2D eigenvalue weighted by molar-refractivity contribution is 0.414. The Morgan fingerprint density at radius 3 is 2.56 bits per heavy atom. The fourth-order valence-electron chi connectivity index (χ4n) is 3.16. The van der Waals surface area contributed by atoms with E-state index in [0.717, 1.165) is 34.9 Å². The predicted molar refractivity (Wildman–Crippen MR) is 100 cm³/mol. The molecular weight excluding hydrogens is 312 g/mol. The monoisotopic (exact) mass is 330 g/mol. The van der Waals surface area contributed by atoms with Crippen LogP contribution >= 0.6 is 0 Å². The summed E-state index contributed by atoms with van der Waals surface area (Å²) < 4.78 is 5.28. The number of H-pyrrole nitrogens is 1. The van der Waals surface area contributed by atoms with E-state index < -0.39 is 0 Å². The van der Waals surface area contributed by atoms with E-state index in [1.54, 1.807) is 7.11 Å². The Labute approximate surface area is 145 Å². The van der Waals surface area contributed by atoms with Crippen LogP contribution < -0.4 is 10.3 Å². The molecule has 124 valence electrons. The number of aromatic amines is 1. The fraction of sp³-hybridized carbons (Fsp3) is 0.143. The Bertz CT molecular complexity index is 1120. The van der Waals surface area contributed by atoms with E-state index in [-0.39, 0.29) is 5.56 Å². The van der Waals surface area contributed by atoms with Crippen LogP contribution in [-0.2, 0) is 12.8 Å². The Hall–Kier alpha value is -3.14. The zero-order chi connectivity index (χ0) is 17.2. The van der Waals surface area contributed by atoms with Gasteiger partial charge in [-0.15, -0.1) is 0 Å². The van der Waals surface area contributed by atoms with Crippen LogP contribution in [0.2, 0.25) is 0 Å². The first-order chi connectivity index (χ1) is 12.2. The van der Waals surface area contributed by atoms with E-state index in [0.29, 0.717) is 11.0 Å². The van der Waals surface area contributed by atoms with Gasteiger partial charge in [-0.2, -0.15) is 0 Å². The molecule has 0 aliphatic heterocycles. The van der Waals surface area contributed by atoms with Gasteiger partial charge in [-0.05, 0) is 53.6 Å². The highest BCUT2D eigenvalue weighted by Gasteiger charge is 2.07. The Morgan fingerprint density at radius 1 is 0.920 bits per heavy atom. The Balaban J connectivity index is 1.70. The molecule has 0 atom stereocenters. The molecule has 0 aliphatic carbocycles. The Morgan fingerprint density at radius 2 is 1.72 bits per heavy atom. The summed E-state index contributed by atoms with van der Waals surface area (Å²) in [6.07, 6.45) is 3.63. The number of hydrogen-bond acceptors (Lipinski definition) is 3. The first-order valence-corrected chi connectivity index (χ1v) is 8.27. The predicted octanol–water partition coefficient (Wildman–Crippen LogP) is 3.87. The number of nitrogens with one attached hydrogen (secondary N) is 1. The van der Waals surface area contributed by atoms with Crippen molar-refractivity contribution in [1.82, 2.24) is 9.97 Å². The molecule has 2 heterocycles. The molecule has 0 spiro atoms. The third-order valence-electron chi connectivity index (χ3n) is 4.47. The maximum absolute atomic E-state index is 12.1. The van der Waals surface area contributed by atoms with Gasteiger partial charge in [-0.1, -0.05) is 30.3 Å². The zero-order valence-corrected chi connectivity index (χ0v) is 14.0. The highest BCUT2D eigenvalue weighted by molar-refractivity contribution is 6.04. The van der Waals surface area contributed by atoms with Gasteiger partial charge in [-0.25, -0.2) is 4.98 Å². The molecular formula is C21H18N2O2. The van der Waals surface area contributed by atoms with Crippen LogP contribution in [0.1, 0.15) is 11.1 Å². The van der Waals surface area contributed by atoms with Gasteiger partial charge in [0.25, 0.3) is 5.56 Å². The Kier molecular flexibility index (Phi) is 3.94. The standard InChI is InChI=1S/C21H18N2O2/c1-25-16-6-4-5-14(11-16)9-10-15-12-19-17-7-2-3-8-18(17)21(24)23-20(19)22-13-15/h2-8,11-13H,9-10H2,1H3,(H,22,23,24). The molecule has 0 radical (unpaired) electrons. The minimum absolute atomic E-state index is 0.0975. The smallest absolute Gasteiger partial charge is 0.257 e. The molecule has 1 N–H and O–H groups in total. The van der Waals surface area contributed by atoms with E-state index in [1.807, 2.05) is 42.6 Å². The molecule has 0 saturated heterocycles. The number of rotatable bonds is 4. The molecule has 4 heteroatoms. The van der Waals surface area contributed by atoms with Crippen molar-refractivity contribution in [2.75, 3.05) is 7.11 Å². The summed E-state index contributed by atoms with van der Waals surface area (Å²) in [5.74, 6) is 0.873. The first-order valence-electron chi connectivity index (χ1n) is 8.27. The molecule has 25 heavy (non-hydrogen) atoms. The number of aryl methyl sites for hydroxylation is 2. The molecule has 0 unspecified atom stereocenters. The molecule has 4 rings (SSSR count). The maximum atomic E-state index is 12.1. The summed E-state index contributed by atoms with van der Waals surface area (Å²) >= 11 is 0. The number of nitrogens with zero attached hydrogens (tertiary/aromatic N) is 1. The molecule has 2 aromatic heterocycles. The molecule has 0 bridgehead atoms. The normalized spacial score (nSPS) is 11.1. The quantitative estimate of drug-likeness (QED) is 0.578. The van der Waals surface area contributed by atoms with Gasteiger partial charge < -0.3 is 9.72 Å². The van der Waals surface area contributed by atoms with Crippen molar-refractivity contribution in [3.05, 3.63) is 82.3 Å². The number of pyridine rings is 2. The minimum Gasteiger partial charge on any atom is -0.497 e. The molecule has 0 saturated carbocycles. The number of benzene rings is 2. The van der Waals surface area contributed by atoms with Crippen LogP contribution in [0, 0.1) is 0 Å². The SMILES string of the molecule is COc1cccc(CCc2cnc3[nH]c(=O)c4ccccc4c3c2)c1. The summed E-state index contributed by atoms with van der Waals surface area (Å²) in [6, 6.07) is 17.9. The number of aromatic nitrogens is 2. The lowest BCUT2D eigenvalue weighted by Gasteiger charge is -2.07. The summed E-state index contributed by atoms with van der Waals surface area (Å²) in [4.78, 5) is 19.5. The van der Waals surface area contributed by atoms with Gasteiger partial charge in [-0.3, -0.25) is 4.79 Å². The average Bonchev–Trinajstić information content (AvgIpc) is 2.67. The number of fused-ring (bicyclic) bond motifs is 3. The zero-order valence-electron chi connectivity index (χ0n) is 14.0. The van der Waals surface area contributed by atoms with Gasteiger partial charge in [0.05, 0.1) is 7.11 Å². The summed E-state index contributed by atoms with van der Waals surface area (Å²) in [7, 11) is 1.68. The van der Waals surface area contributed by atoms with E-state index >= 15 is 0 Å². The van der Waals surface area contributed by atoms with E-state index in [2.05, 4.69) is 28.2 Å². The average molecular weight is 330 g/mol. The second kappa shape index (κ2) is 6.40. The summed E-state index contributed by atoms with van der Waals surface area (Å²) in [5.41, 5.74) is 2.91. The van der Waals surface area contributed by atoms with E-state index in [1.165, 1.54) is 5.56 Å². The number of hydrogen-bond donors (Lipinski definition) is 1. The summed E-state index contributed by atoms with van der Waals surface area (Å²) in [5, 5.41) is 2.62. The molecule has 0 amide bonds. The van der Waals surface area contributed by atoms with Crippen LogP contribution in [0.25, 0.3) is 21.8 Å². The molecule has 4 nitrogen and oxygen atoms in total. The maximum Gasteiger partial charge on any atom is 0.257 e. The highest BCUT2D eigenvalue weighted by atomic mass is 16.5. The van der Waals surface area contributed by atoms with Crippen molar-refractivity contribution in [1.29, 1.82) is 0 Å². The van der Waals surface area contributed by atoms with Crippen molar-refractivity contribution < 1.29 is 4.74 Å². The lowest BCUT2D eigenvalue weighted by Crippen LogP contribution is -2.07. The fourth-order valence-corrected chi connectivity index (χ4v) is 3.16. The molecule has 0 aliphatic rings. The van der Waals surface area contributed by atoms with Crippen LogP contribution in [0.4, 0.5) is 0 Å². The van der Waals surface area contributed by atoms with Gasteiger partial charge in [0.2, 0.25) is 0 Å². The third kappa shape index (κ3) is 2.98. The van der Waals surface area contributed by atoms with Crippen molar-refractivity contribution in [3.8, 4) is 5.75 Å². The van der Waals surface area contributed by atoms with E-state index in [4.69, 9.17) is 4.74 Å². The van der Waals surface area contributed by atoms with E-state index in [9.17, 15) is 4.79 Å². The molecule has 0 fully saturated rings. The first kappa shape index (κ1) is 15.4. The topological polar surface area (TPSA) is 55.0 Å². The molecule has 2 aromatic carbocycles. The van der Waals surface area contributed by atoms with Crippen molar-refractivity contribution in [2.24, 2.45) is 0 Å². The van der Waals surface area contributed by atoms with Crippen LogP contribution in [0.5, 0.6) is 5.75 Å². The van der Waals surface area contributed by atoms with Crippen molar-refractivity contribution in [3.63, 3.8) is 0 Å². The summed E-state index contributed by atoms with van der Waals surface area (Å²) in [6.45, 7) is 0. The van der Waals surface area contributed by atoms with Gasteiger partial charge in [0.15, 0.2) is 0 Å². The highest BCUT2D eigenvalue weighted by Crippen LogP contribution is 2.21. The second-order valence-electron chi connectivity index (χ2n) is 6.09. The van der Waals surface area contributed by atoms with Gasteiger partial charge >= 0.3 is 0 Å². The second-order valence-corrected chi connectivity index (χ2v) is 6.09. The van der Waals surface area contributed by atoms with Gasteiger partial charge in [0.1, 0.15) is 11.4 Å². The van der Waals surface area contributed by atoms with Gasteiger partial charge in [0, 0.05) is 17.0 Å². The lowest BCUT2D eigenvalue weighted by atomic mass is 10.0. The van der Waals surface area contributed by atoms with Crippen LogP contribution in [0.3, 0.4) is 0 Å². The van der Waals surface area contributed by atoms with Crippen LogP contribution in [0.15, 0.2) is 65.6 Å². The number of methoxy groups -OCH3 is 1.